The molecule has 1 atom stereocenters. The number of hydrogen-bond donors (Lipinski definition) is 1. The molecule has 1 aliphatic carbocycles. The van der Waals surface area contributed by atoms with Crippen molar-refractivity contribution in [2.24, 2.45) is 0 Å². The summed E-state index contributed by atoms with van der Waals surface area (Å²) in [6.07, 6.45) is 3.92. The van der Waals surface area contributed by atoms with Gasteiger partial charge in [-0.25, -0.2) is 0 Å². The maximum absolute atomic E-state index is 10.5. The second-order valence-electron chi connectivity index (χ2n) is 6.03. The molecule has 0 spiro atoms. The van der Waals surface area contributed by atoms with Gasteiger partial charge in [-0.05, 0) is 60.9 Å². The number of benzene rings is 2. The van der Waals surface area contributed by atoms with Crippen LogP contribution in [0.15, 0.2) is 36.4 Å². The summed E-state index contributed by atoms with van der Waals surface area (Å²) < 4.78 is 0. The summed E-state index contributed by atoms with van der Waals surface area (Å²) >= 11 is 0. The number of rotatable bonds is 3. The summed E-state index contributed by atoms with van der Waals surface area (Å²) in [4.78, 5) is 0. The van der Waals surface area contributed by atoms with Crippen LogP contribution in [0.4, 0.5) is 0 Å². The van der Waals surface area contributed by atoms with Crippen molar-refractivity contribution in [1.29, 1.82) is 0 Å². The van der Waals surface area contributed by atoms with Crippen LogP contribution in [0.3, 0.4) is 0 Å². The first-order chi connectivity index (χ1) is 9.63. The Bertz CT molecular complexity index is 628. The molecule has 2 aromatic rings. The third-order valence-corrected chi connectivity index (χ3v) is 4.43. The predicted octanol–water partition coefficient (Wildman–Crippen LogP) is 4.07. The first kappa shape index (κ1) is 13.4. The fraction of sp³-hybridized carbons (Fsp3) is 0.368. The predicted molar refractivity (Wildman–Crippen MR) is 83.0 cm³/mol. The van der Waals surface area contributed by atoms with Crippen molar-refractivity contribution in [1.82, 2.24) is 0 Å². The maximum Gasteiger partial charge on any atom is 0.0830 e. The van der Waals surface area contributed by atoms with Crippen LogP contribution in [0.25, 0.3) is 0 Å². The van der Waals surface area contributed by atoms with Crippen molar-refractivity contribution < 1.29 is 5.11 Å². The molecule has 0 saturated carbocycles. The highest BCUT2D eigenvalue weighted by Crippen LogP contribution is 2.27. The lowest BCUT2D eigenvalue weighted by atomic mass is 9.95. The van der Waals surface area contributed by atoms with Crippen LogP contribution >= 0.6 is 0 Å². The van der Waals surface area contributed by atoms with Gasteiger partial charge in [-0.15, -0.1) is 0 Å². The third kappa shape index (κ3) is 2.64. The zero-order valence-electron chi connectivity index (χ0n) is 12.3. The second kappa shape index (κ2) is 5.41. The Balaban J connectivity index is 1.82. The van der Waals surface area contributed by atoms with Gasteiger partial charge >= 0.3 is 0 Å². The van der Waals surface area contributed by atoms with Gasteiger partial charge in [-0.3, -0.25) is 0 Å². The van der Waals surface area contributed by atoms with Crippen molar-refractivity contribution in [3.8, 4) is 0 Å². The molecule has 1 N–H and O–H groups in total. The van der Waals surface area contributed by atoms with Crippen LogP contribution < -0.4 is 0 Å². The van der Waals surface area contributed by atoms with Gasteiger partial charge in [0.05, 0.1) is 6.10 Å². The van der Waals surface area contributed by atoms with E-state index in [-0.39, 0.29) is 0 Å². The zero-order valence-corrected chi connectivity index (χ0v) is 12.3. The van der Waals surface area contributed by atoms with Crippen molar-refractivity contribution >= 4 is 0 Å². The fourth-order valence-corrected chi connectivity index (χ4v) is 3.15. The van der Waals surface area contributed by atoms with E-state index in [4.69, 9.17) is 0 Å². The molecule has 0 saturated heterocycles. The van der Waals surface area contributed by atoms with Gasteiger partial charge in [-0.1, -0.05) is 42.0 Å². The van der Waals surface area contributed by atoms with Crippen molar-refractivity contribution in [2.45, 2.75) is 45.6 Å². The van der Waals surface area contributed by atoms with Gasteiger partial charge < -0.3 is 5.11 Å². The number of fused-ring (bicyclic) bond motifs is 1. The van der Waals surface area contributed by atoms with E-state index in [0.29, 0.717) is 6.42 Å². The summed E-state index contributed by atoms with van der Waals surface area (Å²) in [7, 11) is 0. The van der Waals surface area contributed by atoms with Crippen molar-refractivity contribution in [3.63, 3.8) is 0 Å². The van der Waals surface area contributed by atoms with Gasteiger partial charge in [0.1, 0.15) is 0 Å². The molecule has 0 heterocycles. The first-order valence-corrected chi connectivity index (χ1v) is 7.49. The van der Waals surface area contributed by atoms with Crippen molar-refractivity contribution in [2.75, 3.05) is 0 Å². The Morgan fingerprint density at radius 2 is 1.80 bits per heavy atom. The molecule has 1 unspecified atom stereocenters. The molecule has 0 fully saturated rings. The van der Waals surface area contributed by atoms with Crippen LogP contribution in [0, 0.1) is 13.8 Å². The topological polar surface area (TPSA) is 20.2 Å². The van der Waals surface area contributed by atoms with Crippen LogP contribution in [0.1, 0.15) is 45.9 Å². The van der Waals surface area contributed by atoms with E-state index in [9.17, 15) is 5.11 Å². The smallest absolute Gasteiger partial charge is 0.0830 e. The highest BCUT2D eigenvalue weighted by Gasteiger charge is 2.15. The number of aliphatic hydroxyl groups is 1. The van der Waals surface area contributed by atoms with Gasteiger partial charge in [-0.2, -0.15) is 0 Å². The van der Waals surface area contributed by atoms with Gasteiger partial charge in [0, 0.05) is 6.42 Å². The Morgan fingerprint density at radius 3 is 2.65 bits per heavy atom. The number of aryl methyl sites for hydroxylation is 4. The molecular weight excluding hydrogens is 244 g/mol. The lowest BCUT2D eigenvalue weighted by Gasteiger charge is -2.15. The average molecular weight is 266 g/mol. The lowest BCUT2D eigenvalue weighted by Crippen LogP contribution is -2.04. The molecule has 0 aliphatic heterocycles. The summed E-state index contributed by atoms with van der Waals surface area (Å²) in [6.45, 7) is 4.22. The SMILES string of the molecule is Cc1ccc(C)c(CC(O)c2ccc3c(c2)CCC3)c1. The molecule has 3 rings (SSSR count). The average Bonchev–Trinajstić information content (AvgIpc) is 2.90. The molecule has 1 nitrogen and oxygen atoms in total. The molecular formula is C19H22O. The fourth-order valence-electron chi connectivity index (χ4n) is 3.15. The van der Waals surface area contributed by atoms with E-state index in [2.05, 4.69) is 50.2 Å². The first-order valence-electron chi connectivity index (χ1n) is 7.49. The van der Waals surface area contributed by atoms with E-state index in [0.717, 1.165) is 5.56 Å². The van der Waals surface area contributed by atoms with E-state index < -0.39 is 6.10 Å². The van der Waals surface area contributed by atoms with Gasteiger partial charge in [0.2, 0.25) is 0 Å². The zero-order chi connectivity index (χ0) is 14.1. The number of aliphatic hydroxyl groups excluding tert-OH is 1. The molecule has 1 heteroatoms. The van der Waals surface area contributed by atoms with E-state index in [1.807, 2.05) is 0 Å². The molecule has 0 bridgehead atoms. The Hall–Kier alpha value is -1.60. The van der Waals surface area contributed by atoms with Crippen LogP contribution in [0.5, 0.6) is 0 Å². The summed E-state index contributed by atoms with van der Waals surface area (Å²) in [5.41, 5.74) is 7.72. The molecule has 0 aromatic heterocycles. The molecule has 104 valence electrons. The molecule has 20 heavy (non-hydrogen) atoms. The Labute approximate surface area is 121 Å². The van der Waals surface area contributed by atoms with Gasteiger partial charge in [0.25, 0.3) is 0 Å². The van der Waals surface area contributed by atoms with E-state index >= 15 is 0 Å². The third-order valence-electron chi connectivity index (χ3n) is 4.43. The minimum atomic E-state index is -0.401. The highest BCUT2D eigenvalue weighted by molar-refractivity contribution is 5.37. The molecule has 0 amide bonds. The molecule has 2 aromatic carbocycles. The van der Waals surface area contributed by atoms with Gasteiger partial charge in [0.15, 0.2) is 0 Å². The minimum absolute atomic E-state index is 0.401. The van der Waals surface area contributed by atoms with Crippen LogP contribution in [-0.2, 0) is 19.3 Å². The molecule has 0 radical (unpaired) electrons. The van der Waals surface area contributed by atoms with Crippen LogP contribution in [0.2, 0.25) is 0 Å². The standard InChI is InChI=1S/C19H22O/c1-13-6-7-14(2)18(10-13)12-19(20)17-9-8-15-4-3-5-16(15)11-17/h6-11,19-20H,3-5,12H2,1-2H3. The van der Waals surface area contributed by atoms with Crippen LogP contribution in [-0.4, -0.2) is 5.11 Å². The maximum atomic E-state index is 10.5. The van der Waals surface area contributed by atoms with Crippen molar-refractivity contribution in [3.05, 3.63) is 69.8 Å². The number of hydrogen-bond acceptors (Lipinski definition) is 1. The summed E-state index contributed by atoms with van der Waals surface area (Å²) in [6, 6.07) is 13.0. The second-order valence-corrected chi connectivity index (χ2v) is 6.03. The minimum Gasteiger partial charge on any atom is -0.388 e. The summed E-state index contributed by atoms with van der Waals surface area (Å²) in [5.74, 6) is 0. The highest BCUT2D eigenvalue weighted by atomic mass is 16.3. The largest absolute Gasteiger partial charge is 0.388 e. The monoisotopic (exact) mass is 266 g/mol. The Morgan fingerprint density at radius 1 is 1.00 bits per heavy atom. The molecule has 1 aliphatic rings. The quantitative estimate of drug-likeness (QED) is 0.888. The lowest BCUT2D eigenvalue weighted by molar-refractivity contribution is 0.178. The summed E-state index contributed by atoms with van der Waals surface area (Å²) in [5, 5.41) is 10.5. The van der Waals surface area contributed by atoms with E-state index in [1.54, 1.807) is 0 Å². The van der Waals surface area contributed by atoms with E-state index in [1.165, 1.54) is 47.1 Å². The normalized spacial score (nSPS) is 15.2. The Kier molecular flexibility index (Phi) is 3.62.